The normalized spacial score (nSPS) is 15.2. The number of nitrogens with zero attached hydrogens (tertiary/aromatic N) is 2. The number of hydrogen-bond acceptors (Lipinski definition) is 3. The van der Waals surface area contributed by atoms with Gasteiger partial charge >= 0.3 is 0 Å². The number of aromatic nitrogens is 2. The minimum Gasteiger partial charge on any atom is -0.334 e. The van der Waals surface area contributed by atoms with E-state index in [9.17, 15) is 9.59 Å². The molecular formula is C12H16BrN3O2. The quantitative estimate of drug-likeness (QED) is 0.839. The van der Waals surface area contributed by atoms with E-state index in [-0.39, 0.29) is 11.5 Å². The number of H-pyrrole nitrogens is 1. The lowest BCUT2D eigenvalue weighted by atomic mass is 9.91. The minimum absolute atomic E-state index is 0.0862. The molecule has 5 nitrogen and oxygen atoms in total. The van der Waals surface area contributed by atoms with Crippen molar-refractivity contribution in [2.75, 3.05) is 11.9 Å². The standard InChI is InChI=1S/C12H16BrN3O2/c13-7-2-8-16(9-3-1-4-9)12(18)10-5-6-11(17)15-14-10/h5-6,9H,1-4,7-8H2,(H,15,17). The third kappa shape index (κ3) is 2.98. The molecule has 0 aliphatic heterocycles. The molecule has 6 heteroatoms. The van der Waals surface area contributed by atoms with Gasteiger partial charge in [-0.15, -0.1) is 0 Å². The summed E-state index contributed by atoms with van der Waals surface area (Å²) in [6, 6.07) is 3.16. The van der Waals surface area contributed by atoms with Crippen LogP contribution in [0.4, 0.5) is 0 Å². The van der Waals surface area contributed by atoms with Gasteiger partial charge in [-0.05, 0) is 31.7 Å². The Morgan fingerprint density at radius 2 is 2.28 bits per heavy atom. The number of carbonyl (C=O) groups excluding carboxylic acids is 1. The van der Waals surface area contributed by atoms with Gasteiger partial charge in [0, 0.05) is 24.0 Å². The van der Waals surface area contributed by atoms with Crippen LogP contribution in [0.5, 0.6) is 0 Å². The van der Waals surface area contributed by atoms with E-state index in [0.29, 0.717) is 11.7 Å². The molecular weight excluding hydrogens is 298 g/mol. The number of rotatable bonds is 5. The van der Waals surface area contributed by atoms with Crippen molar-refractivity contribution in [1.29, 1.82) is 0 Å². The summed E-state index contributed by atoms with van der Waals surface area (Å²) in [7, 11) is 0. The number of hydrogen-bond donors (Lipinski definition) is 1. The van der Waals surface area contributed by atoms with E-state index in [2.05, 4.69) is 26.1 Å². The molecule has 0 radical (unpaired) electrons. The van der Waals surface area contributed by atoms with Gasteiger partial charge in [-0.1, -0.05) is 15.9 Å². The second kappa shape index (κ2) is 6.13. The second-order valence-electron chi connectivity index (χ2n) is 4.43. The topological polar surface area (TPSA) is 66.1 Å². The van der Waals surface area contributed by atoms with E-state index in [1.54, 1.807) is 0 Å². The van der Waals surface area contributed by atoms with Crippen molar-refractivity contribution in [2.24, 2.45) is 0 Å². The Bertz CT molecular complexity index is 450. The average Bonchev–Trinajstić information content (AvgIpc) is 2.32. The SMILES string of the molecule is O=C(c1ccc(=O)[nH]n1)N(CCCBr)C1CCC1. The van der Waals surface area contributed by atoms with Crippen molar-refractivity contribution in [1.82, 2.24) is 15.1 Å². The van der Waals surface area contributed by atoms with Crippen molar-refractivity contribution >= 4 is 21.8 Å². The van der Waals surface area contributed by atoms with E-state index in [1.807, 2.05) is 4.90 Å². The van der Waals surface area contributed by atoms with Gasteiger partial charge in [-0.3, -0.25) is 9.59 Å². The Balaban J connectivity index is 2.11. The van der Waals surface area contributed by atoms with Crippen molar-refractivity contribution in [2.45, 2.75) is 31.7 Å². The van der Waals surface area contributed by atoms with Crippen LogP contribution in [0.2, 0.25) is 0 Å². The molecule has 0 unspecified atom stereocenters. The molecule has 1 fully saturated rings. The number of alkyl halides is 1. The van der Waals surface area contributed by atoms with Gasteiger partial charge in [0.15, 0.2) is 0 Å². The Morgan fingerprint density at radius 3 is 2.78 bits per heavy atom. The van der Waals surface area contributed by atoms with Crippen LogP contribution in [0.15, 0.2) is 16.9 Å². The zero-order valence-corrected chi connectivity index (χ0v) is 11.6. The summed E-state index contributed by atoms with van der Waals surface area (Å²) in [5.41, 5.74) is 0.0262. The molecule has 1 heterocycles. The predicted molar refractivity (Wildman–Crippen MR) is 71.9 cm³/mol. The van der Waals surface area contributed by atoms with Crippen molar-refractivity contribution in [3.63, 3.8) is 0 Å². The number of nitrogens with one attached hydrogen (secondary N) is 1. The predicted octanol–water partition coefficient (Wildman–Crippen LogP) is 1.55. The fraction of sp³-hybridized carbons (Fsp3) is 0.583. The summed E-state index contributed by atoms with van der Waals surface area (Å²) in [5, 5.41) is 6.99. The van der Waals surface area contributed by atoms with Crippen LogP contribution in [-0.4, -0.2) is 38.9 Å². The largest absolute Gasteiger partial charge is 0.334 e. The molecule has 1 aromatic rings. The maximum atomic E-state index is 12.3. The second-order valence-corrected chi connectivity index (χ2v) is 5.23. The van der Waals surface area contributed by atoms with Gasteiger partial charge in [0.25, 0.3) is 11.5 Å². The van der Waals surface area contributed by atoms with E-state index < -0.39 is 0 Å². The Hall–Kier alpha value is -1.17. The van der Waals surface area contributed by atoms with Crippen LogP contribution in [-0.2, 0) is 0 Å². The summed E-state index contributed by atoms with van der Waals surface area (Å²) >= 11 is 3.38. The average molecular weight is 314 g/mol. The van der Waals surface area contributed by atoms with Gasteiger partial charge in [0.1, 0.15) is 5.69 Å². The van der Waals surface area contributed by atoms with Gasteiger partial charge in [0.05, 0.1) is 0 Å². The van der Waals surface area contributed by atoms with Crippen LogP contribution in [0, 0.1) is 0 Å². The molecule has 1 amide bonds. The summed E-state index contributed by atoms with van der Waals surface area (Å²) < 4.78 is 0. The molecule has 1 saturated carbocycles. The van der Waals surface area contributed by atoms with Crippen LogP contribution in [0.25, 0.3) is 0 Å². The van der Waals surface area contributed by atoms with Crippen molar-refractivity contribution < 1.29 is 4.79 Å². The molecule has 0 spiro atoms. The summed E-state index contributed by atoms with van der Waals surface area (Å²) in [6.07, 6.45) is 4.24. The summed E-state index contributed by atoms with van der Waals surface area (Å²) in [6.45, 7) is 0.732. The first-order valence-corrected chi connectivity index (χ1v) is 7.27. The molecule has 1 aliphatic carbocycles. The third-order valence-corrected chi connectivity index (χ3v) is 3.77. The van der Waals surface area contributed by atoms with E-state index >= 15 is 0 Å². The van der Waals surface area contributed by atoms with Crippen molar-refractivity contribution in [3.05, 3.63) is 28.2 Å². The summed E-state index contributed by atoms with van der Waals surface area (Å²) in [4.78, 5) is 25.1. The zero-order valence-electron chi connectivity index (χ0n) is 10.1. The third-order valence-electron chi connectivity index (χ3n) is 3.21. The van der Waals surface area contributed by atoms with Gasteiger partial charge in [0.2, 0.25) is 0 Å². The molecule has 1 aromatic heterocycles. The lowest BCUT2D eigenvalue weighted by Crippen LogP contribution is -2.45. The van der Waals surface area contributed by atoms with Crippen LogP contribution < -0.4 is 5.56 Å². The van der Waals surface area contributed by atoms with E-state index in [1.165, 1.54) is 18.6 Å². The highest BCUT2D eigenvalue weighted by Crippen LogP contribution is 2.26. The molecule has 1 aliphatic rings. The van der Waals surface area contributed by atoms with Crippen molar-refractivity contribution in [3.8, 4) is 0 Å². The number of halogens is 1. The molecule has 0 atom stereocenters. The minimum atomic E-state index is -0.290. The maximum Gasteiger partial charge on any atom is 0.274 e. The lowest BCUT2D eigenvalue weighted by molar-refractivity contribution is 0.0574. The van der Waals surface area contributed by atoms with Crippen LogP contribution in [0.3, 0.4) is 0 Å². The fourth-order valence-electron chi connectivity index (χ4n) is 1.99. The molecule has 0 aromatic carbocycles. The fourth-order valence-corrected chi connectivity index (χ4v) is 2.24. The van der Waals surface area contributed by atoms with E-state index in [0.717, 1.165) is 31.1 Å². The number of amides is 1. The zero-order chi connectivity index (χ0) is 13.0. The first-order valence-electron chi connectivity index (χ1n) is 6.15. The highest BCUT2D eigenvalue weighted by atomic mass is 79.9. The van der Waals surface area contributed by atoms with E-state index in [4.69, 9.17) is 0 Å². The lowest BCUT2D eigenvalue weighted by Gasteiger charge is -2.37. The van der Waals surface area contributed by atoms with Gasteiger partial charge < -0.3 is 4.90 Å². The Labute approximate surface area is 114 Å². The highest BCUT2D eigenvalue weighted by molar-refractivity contribution is 9.09. The Morgan fingerprint density at radius 1 is 1.50 bits per heavy atom. The van der Waals surface area contributed by atoms with Gasteiger partial charge in [-0.2, -0.15) is 5.10 Å². The molecule has 98 valence electrons. The molecule has 0 bridgehead atoms. The van der Waals surface area contributed by atoms with Crippen LogP contribution in [0.1, 0.15) is 36.2 Å². The Kier molecular flexibility index (Phi) is 4.52. The molecule has 0 saturated heterocycles. The van der Waals surface area contributed by atoms with Crippen LogP contribution >= 0.6 is 15.9 Å². The number of carbonyl (C=O) groups is 1. The van der Waals surface area contributed by atoms with Gasteiger partial charge in [-0.25, -0.2) is 5.10 Å². The first kappa shape index (κ1) is 13.3. The molecule has 1 N–H and O–H groups in total. The monoisotopic (exact) mass is 313 g/mol. The molecule has 2 rings (SSSR count). The highest BCUT2D eigenvalue weighted by Gasteiger charge is 2.29. The maximum absolute atomic E-state index is 12.3. The smallest absolute Gasteiger partial charge is 0.274 e. The molecule has 18 heavy (non-hydrogen) atoms. The summed E-state index contributed by atoms with van der Waals surface area (Å²) in [5.74, 6) is -0.0862. The number of aromatic amines is 1. The first-order chi connectivity index (χ1) is 8.72.